The number of carbonyl (C=O) groups is 2. The number of amides is 2. The molecule has 2 aliphatic carbocycles. The number of nitrogens with one attached hydrogen (secondary N) is 1. The first-order chi connectivity index (χ1) is 13.9. The second-order valence-corrected chi connectivity index (χ2v) is 9.55. The summed E-state index contributed by atoms with van der Waals surface area (Å²) in [6.45, 7) is 5.29. The van der Waals surface area contributed by atoms with Gasteiger partial charge in [-0.25, -0.2) is 0 Å². The second-order valence-electron chi connectivity index (χ2n) is 9.55. The lowest BCUT2D eigenvalue weighted by Crippen LogP contribution is -2.42. The fourth-order valence-electron chi connectivity index (χ4n) is 5.22. The maximum atomic E-state index is 13.3. The van der Waals surface area contributed by atoms with Crippen molar-refractivity contribution in [2.24, 2.45) is 11.8 Å². The molecule has 3 fully saturated rings. The van der Waals surface area contributed by atoms with Gasteiger partial charge in [0.25, 0.3) is 11.8 Å². The lowest BCUT2D eigenvalue weighted by Gasteiger charge is -2.29. The third-order valence-corrected chi connectivity index (χ3v) is 6.86. The van der Waals surface area contributed by atoms with Crippen molar-refractivity contribution in [2.75, 3.05) is 13.1 Å². The van der Waals surface area contributed by atoms with Crippen molar-refractivity contribution in [3.63, 3.8) is 0 Å². The molecule has 1 aromatic rings. The number of piperidine rings is 1. The molecular formula is C23H33N3O3. The van der Waals surface area contributed by atoms with E-state index >= 15 is 0 Å². The number of nitrogens with zero attached hydrogens (tertiary/aromatic N) is 2. The Hall–Kier alpha value is -2.11. The smallest absolute Gasteiger partial charge is 0.259 e. The maximum absolute atomic E-state index is 13.3. The van der Waals surface area contributed by atoms with Crippen LogP contribution in [0.3, 0.4) is 0 Å². The summed E-state index contributed by atoms with van der Waals surface area (Å²) >= 11 is 0. The third-order valence-electron chi connectivity index (χ3n) is 6.86. The number of aromatic nitrogens is 1. The van der Waals surface area contributed by atoms with Crippen LogP contribution >= 0.6 is 0 Å². The quantitative estimate of drug-likeness (QED) is 0.825. The van der Waals surface area contributed by atoms with Crippen molar-refractivity contribution < 1.29 is 9.59 Å². The van der Waals surface area contributed by atoms with E-state index in [0.29, 0.717) is 18.4 Å². The summed E-state index contributed by atoms with van der Waals surface area (Å²) in [5.41, 5.74) is -0.155. The average molecular weight is 400 g/mol. The zero-order valence-corrected chi connectivity index (χ0v) is 17.7. The van der Waals surface area contributed by atoms with E-state index in [-0.39, 0.29) is 35.0 Å². The summed E-state index contributed by atoms with van der Waals surface area (Å²) in [5, 5.41) is 2.85. The fraction of sp³-hybridized carbons (Fsp3) is 0.696. The minimum atomic E-state index is -0.425. The van der Waals surface area contributed by atoms with Gasteiger partial charge in [0.15, 0.2) is 0 Å². The van der Waals surface area contributed by atoms with Gasteiger partial charge in [-0.05, 0) is 43.9 Å². The highest BCUT2D eigenvalue weighted by Gasteiger charge is 2.41. The van der Waals surface area contributed by atoms with Gasteiger partial charge in [0.05, 0.1) is 0 Å². The van der Waals surface area contributed by atoms with Gasteiger partial charge in [0, 0.05) is 37.6 Å². The number of carbonyl (C=O) groups excluding carboxylic acids is 2. The molecule has 158 valence electrons. The lowest BCUT2D eigenvalue weighted by molar-refractivity contribution is 0.0701. The number of hydrogen-bond donors (Lipinski definition) is 1. The third kappa shape index (κ3) is 4.12. The highest BCUT2D eigenvalue weighted by molar-refractivity contribution is 5.99. The van der Waals surface area contributed by atoms with Crippen LogP contribution in [-0.4, -0.2) is 40.4 Å². The van der Waals surface area contributed by atoms with Crippen molar-refractivity contribution in [3.8, 4) is 0 Å². The Morgan fingerprint density at radius 1 is 1.03 bits per heavy atom. The van der Waals surface area contributed by atoms with Gasteiger partial charge >= 0.3 is 0 Å². The molecule has 2 atom stereocenters. The van der Waals surface area contributed by atoms with Crippen LogP contribution in [0.15, 0.2) is 17.2 Å². The van der Waals surface area contributed by atoms with Crippen molar-refractivity contribution in [1.82, 2.24) is 14.8 Å². The maximum Gasteiger partial charge on any atom is 0.259 e. The minimum absolute atomic E-state index is 0.103. The molecule has 2 amide bonds. The predicted molar refractivity (Wildman–Crippen MR) is 112 cm³/mol. The Kier molecular flexibility index (Phi) is 5.79. The molecule has 2 saturated carbocycles. The van der Waals surface area contributed by atoms with Crippen molar-refractivity contribution in [2.45, 2.75) is 77.3 Å². The van der Waals surface area contributed by atoms with Crippen LogP contribution in [0.25, 0.3) is 0 Å². The first kappa shape index (κ1) is 20.2. The molecule has 0 spiro atoms. The van der Waals surface area contributed by atoms with E-state index in [9.17, 15) is 14.4 Å². The number of pyridine rings is 1. The average Bonchev–Trinajstić information content (AvgIpc) is 3.36. The van der Waals surface area contributed by atoms with Crippen molar-refractivity contribution in [3.05, 3.63) is 33.7 Å². The molecule has 2 bridgehead atoms. The second kappa shape index (κ2) is 8.33. The van der Waals surface area contributed by atoms with Crippen LogP contribution in [-0.2, 0) is 0 Å². The highest BCUT2D eigenvalue weighted by Crippen LogP contribution is 2.38. The van der Waals surface area contributed by atoms with Gasteiger partial charge in [-0.3, -0.25) is 14.4 Å². The fourth-order valence-corrected chi connectivity index (χ4v) is 5.22. The first-order valence-electron chi connectivity index (χ1n) is 11.3. The summed E-state index contributed by atoms with van der Waals surface area (Å²) in [4.78, 5) is 41.1. The Balaban J connectivity index is 1.68. The Morgan fingerprint density at radius 2 is 1.76 bits per heavy atom. The van der Waals surface area contributed by atoms with E-state index in [4.69, 9.17) is 0 Å². The summed E-state index contributed by atoms with van der Waals surface area (Å²) in [7, 11) is 0. The van der Waals surface area contributed by atoms with Gasteiger partial charge in [-0.2, -0.15) is 0 Å². The summed E-state index contributed by atoms with van der Waals surface area (Å²) in [5.74, 6) is 0.308. The van der Waals surface area contributed by atoms with Gasteiger partial charge in [0.2, 0.25) is 5.43 Å². The Morgan fingerprint density at radius 3 is 2.38 bits per heavy atom. The summed E-state index contributed by atoms with van der Waals surface area (Å²) in [6, 6.07) is 0.510. The number of hydrogen-bond acceptors (Lipinski definition) is 3. The molecule has 0 aromatic carbocycles. The zero-order chi connectivity index (χ0) is 20.5. The van der Waals surface area contributed by atoms with Crippen molar-refractivity contribution >= 4 is 11.8 Å². The largest absolute Gasteiger partial charge is 0.352 e. The molecular weight excluding hydrogens is 366 g/mol. The molecule has 6 heteroatoms. The van der Waals surface area contributed by atoms with Crippen LogP contribution in [0, 0.1) is 11.8 Å². The van der Waals surface area contributed by atoms with E-state index in [1.807, 2.05) is 23.3 Å². The molecule has 1 aliphatic heterocycles. The van der Waals surface area contributed by atoms with E-state index in [0.717, 1.165) is 45.1 Å². The number of fused-ring (bicyclic) bond motifs is 2. The van der Waals surface area contributed by atoms with E-state index in [1.165, 1.54) is 12.8 Å². The normalized spacial score (nSPS) is 24.3. The summed E-state index contributed by atoms with van der Waals surface area (Å²) < 4.78 is 1.98. The van der Waals surface area contributed by atoms with Crippen LogP contribution in [0.5, 0.6) is 0 Å². The molecule has 1 N–H and O–H groups in total. The Labute approximate surface area is 172 Å². The van der Waals surface area contributed by atoms with Crippen LogP contribution in [0.4, 0.5) is 0 Å². The van der Waals surface area contributed by atoms with E-state index in [1.54, 1.807) is 12.4 Å². The molecule has 1 aromatic heterocycles. The highest BCUT2D eigenvalue weighted by atomic mass is 16.2. The van der Waals surface area contributed by atoms with Gasteiger partial charge < -0.3 is 14.8 Å². The van der Waals surface area contributed by atoms with Gasteiger partial charge in [-0.15, -0.1) is 0 Å². The monoisotopic (exact) mass is 399 g/mol. The molecule has 2 heterocycles. The first-order valence-corrected chi connectivity index (χ1v) is 11.3. The predicted octanol–water partition coefficient (Wildman–Crippen LogP) is 3.36. The topological polar surface area (TPSA) is 71.4 Å². The van der Waals surface area contributed by atoms with Crippen LogP contribution < -0.4 is 10.7 Å². The van der Waals surface area contributed by atoms with E-state index < -0.39 is 5.43 Å². The van der Waals surface area contributed by atoms with Crippen molar-refractivity contribution in [1.29, 1.82) is 0 Å². The van der Waals surface area contributed by atoms with E-state index in [2.05, 4.69) is 5.32 Å². The van der Waals surface area contributed by atoms with Crippen LogP contribution in [0.1, 0.15) is 92.0 Å². The minimum Gasteiger partial charge on any atom is -0.352 e. The molecule has 29 heavy (non-hydrogen) atoms. The molecule has 0 radical (unpaired) electrons. The molecule has 4 rings (SSSR count). The van der Waals surface area contributed by atoms with Crippen LogP contribution in [0.2, 0.25) is 0 Å². The summed E-state index contributed by atoms with van der Waals surface area (Å²) in [6.07, 6.45) is 12.2. The van der Waals surface area contributed by atoms with Gasteiger partial charge in [-0.1, -0.05) is 33.1 Å². The molecule has 6 nitrogen and oxygen atoms in total. The molecule has 1 saturated heterocycles. The molecule has 2 unspecified atom stereocenters. The SMILES string of the molecule is CC(C)CNC(=O)c1cn(C2CCCCC2)cc(C(=O)N2CC3CCC2C3)c1=O. The number of rotatable bonds is 5. The van der Waals surface area contributed by atoms with Gasteiger partial charge in [0.1, 0.15) is 11.1 Å². The zero-order valence-electron chi connectivity index (χ0n) is 17.7. The number of likely N-dealkylation sites (tertiary alicyclic amines) is 1. The lowest BCUT2D eigenvalue weighted by atomic mass is 9.95. The molecule has 3 aliphatic rings. The standard InChI is InChI=1S/C23H33N3O3/c1-15(2)11-24-22(28)19-13-25(17-6-4-3-5-7-17)14-20(21(19)27)23(29)26-12-16-8-9-18(26)10-16/h13-18H,3-12H2,1-2H3,(H,24,28). The Bertz CT molecular complexity index is 838.